The third-order valence-corrected chi connectivity index (χ3v) is 6.84. The Hall–Kier alpha value is -3.32. The molecule has 1 saturated heterocycles. The zero-order valence-electron chi connectivity index (χ0n) is 16.5. The summed E-state index contributed by atoms with van der Waals surface area (Å²) < 4.78 is 0. The number of amides is 3. The number of pyridine rings is 1. The van der Waals surface area contributed by atoms with Crippen molar-refractivity contribution in [2.45, 2.75) is 31.5 Å². The number of carbonyl (C=O) groups excluding carboxylic acids is 3. The van der Waals surface area contributed by atoms with E-state index in [2.05, 4.69) is 4.98 Å². The summed E-state index contributed by atoms with van der Waals surface area (Å²) in [5, 5.41) is 1.93. The number of imide groups is 1. The molecule has 4 heterocycles. The van der Waals surface area contributed by atoms with Crippen molar-refractivity contribution < 1.29 is 14.4 Å². The van der Waals surface area contributed by atoms with Crippen molar-refractivity contribution in [2.75, 3.05) is 0 Å². The second kappa shape index (κ2) is 6.60. The molecule has 7 heteroatoms. The van der Waals surface area contributed by atoms with Crippen LogP contribution in [0.2, 0.25) is 0 Å². The molecular weight excluding hydrogens is 398 g/mol. The van der Waals surface area contributed by atoms with E-state index in [4.69, 9.17) is 0 Å². The lowest BCUT2D eigenvalue weighted by molar-refractivity contribution is -0.168. The molecule has 1 fully saturated rings. The van der Waals surface area contributed by atoms with E-state index in [0.717, 1.165) is 15.5 Å². The van der Waals surface area contributed by atoms with E-state index in [9.17, 15) is 14.4 Å². The minimum Gasteiger partial charge on any atom is -0.320 e. The van der Waals surface area contributed by atoms with E-state index >= 15 is 0 Å². The van der Waals surface area contributed by atoms with Crippen molar-refractivity contribution in [2.24, 2.45) is 0 Å². The summed E-state index contributed by atoms with van der Waals surface area (Å²) in [6.07, 6.45) is 1.70. The van der Waals surface area contributed by atoms with Gasteiger partial charge >= 0.3 is 0 Å². The number of thiophene rings is 1. The molecule has 0 unspecified atom stereocenters. The maximum atomic E-state index is 13.5. The maximum Gasteiger partial charge on any atom is 0.262 e. The molecule has 1 aromatic carbocycles. The van der Waals surface area contributed by atoms with Crippen LogP contribution >= 0.6 is 11.3 Å². The van der Waals surface area contributed by atoms with E-state index in [1.54, 1.807) is 35.4 Å². The van der Waals surface area contributed by atoms with Crippen LogP contribution in [0.15, 0.2) is 66.2 Å². The van der Waals surface area contributed by atoms with Crippen LogP contribution in [0.5, 0.6) is 0 Å². The molecule has 2 atom stereocenters. The first kappa shape index (κ1) is 18.7. The lowest BCUT2D eigenvalue weighted by atomic mass is 9.83. The smallest absolute Gasteiger partial charge is 0.262 e. The predicted octanol–water partition coefficient (Wildman–Crippen LogP) is 3.63. The normalized spacial score (nSPS) is 21.1. The summed E-state index contributed by atoms with van der Waals surface area (Å²) in [5.41, 5.74) is 0.744. The largest absolute Gasteiger partial charge is 0.320 e. The number of fused-ring (bicyclic) bond motifs is 1. The Labute approximate surface area is 177 Å². The monoisotopic (exact) mass is 417 g/mol. The molecule has 3 aromatic rings. The highest BCUT2D eigenvalue weighted by Crippen LogP contribution is 2.48. The van der Waals surface area contributed by atoms with Crippen molar-refractivity contribution >= 4 is 29.1 Å². The molecule has 3 amide bonds. The Morgan fingerprint density at radius 3 is 2.10 bits per heavy atom. The fourth-order valence-electron chi connectivity index (χ4n) is 4.40. The highest BCUT2D eigenvalue weighted by molar-refractivity contribution is 7.10. The molecule has 0 N–H and O–H groups in total. The van der Waals surface area contributed by atoms with Crippen LogP contribution in [0.4, 0.5) is 0 Å². The fourth-order valence-corrected chi connectivity index (χ4v) is 5.24. The Bertz CT molecular complexity index is 1120. The maximum absolute atomic E-state index is 13.5. The molecule has 0 bridgehead atoms. The summed E-state index contributed by atoms with van der Waals surface area (Å²) in [4.78, 5) is 47.8. The Morgan fingerprint density at radius 2 is 1.53 bits per heavy atom. The van der Waals surface area contributed by atoms with E-state index in [1.165, 1.54) is 11.3 Å². The second-order valence-electron chi connectivity index (χ2n) is 7.91. The van der Waals surface area contributed by atoms with Gasteiger partial charge in [-0.2, -0.15) is 0 Å². The van der Waals surface area contributed by atoms with Crippen LogP contribution in [-0.2, 0) is 10.3 Å². The first-order valence-corrected chi connectivity index (χ1v) is 10.6. The van der Waals surface area contributed by atoms with Crippen LogP contribution in [0.1, 0.15) is 51.2 Å². The van der Waals surface area contributed by atoms with Crippen molar-refractivity contribution in [3.05, 3.63) is 87.9 Å². The molecule has 6 nitrogen and oxygen atoms in total. The molecule has 0 radical (unpaired) electrons. The number of hydrogen-bond donors (Lipinski definition) is 0. The minimum absolute atomic E-state index is 0.251. The van der Waals surface area contributed by atoms with E-state index in [-0.39, 0.29) is 5.91 Å². The Kier molecular flexibility index (Phi) is 4.11. The van der Waals surface area contributed by atoms with Crippen molar-refractivity contribution in [1.29, 1.82) is 0 Å². The summed E-state index contributed by atoms with van der Waals surface area (Å²) in [6.45, 7) is 3.87. The zero-order valence-corrected chi connectivity index (χ0v) is 17.3. The van der Waals surface area contributed by atoms with Gasteiger partial charge in [0.15, 0.2) is 0 Å². The Balaban J connectivity index is 1.57. The van der Waals surface area contributed by atoms with Crippen LogP contribution in [0.25, 0.3) is 0 Å². The number of hydrogen-bond acceptors (Lipinski definition) is 5. The average molecular weight is 417 g/mol. The third-order valence-electron chi connectivity index (χ3n) is 5.90. The number of benzene rings is 1. The number of nitrogens with zero attached hydrogens (tertiary/aromatic N) is 3. The average Bonchev–Trinajstić information content (AvgIpc) is 3.36. The van der Waals surface area contributed by atoms with E-state index in [0.29, 0.717) is 11.1 Å². The van der Waals surface area contributed by atoms with Crippen LogP contribution in [0, 0.1) is 0 Å². The van der Waals surface area contributed by atoms with Gasteiger partial charge in [0.25, 0.3) is 11.8 Å². The van der Waals surface area contributed by atoms with Gasteiger partial charge in [0.05, 0.1) is 28.4 Å². The van der Waals surface area contributed by atoms with E-state index in [1.807, 2.05) is 49.6 Å². The molecule has 0 saturated carbocycles. The van der Waals surface area contributed by atoms with Crippen LogP contribution in [0.3, 0.4) is 0 Å². The number of rotatable bonds is 4. The minimum atomic E-state index is -0.862. The molecule has 2 aliphatic heterocycles. The van der Waals surface area contributed by atoms with Gasteiger partial charge in [0.1, 0.15) is 6.04 Å². The molecule has 2 aromatic heterocycles. The van der Waals surface area contributed by atoms with Gasteiger partial charge in [0, 0.05) is 11.1 Å². The fraction of sp³-hybridized carbons (Fsp3) is 0.217. The SMILES string of the molecule is CC(C)(c1ccccn1)N1C(=O)[C@@H](N2C(=O)c3ccccc3C2=O)[C@@H]1c1cccs1. The van der Waals surface area contributed by atoms with Gasteiger partial charge < -0.3 is 4.90 Å². The first-order valence-electron chi connectivity index (χ1n) is 9.68. The highest BCUT2D eigenvalue weighted by Gasteiger charge is 2.61. The summed E-state index contributed by atoms with van der Waals surface area (Å²) >= 11 is 1.51. The second-order valence-corrected chi connectivity index (χ2v) is 8.89. The quantitative estimate of drug-likeness (QED) is 0.480. The van der Waals surface area contributed by atoms with Gasteiger partial charge in [-0.05, 0) is 49.6 Å². The molecule has 0 aliphatic carbocycles. The molecular formula is C23H19N3O3S. The number of carbonyl (C=O) groups is 3. The molecule has 30 heavy (non-hydrogen) atoms. The third kappa shape index (κ3) is 2.48. The van der Waals surface area contributed by atoms with Gasteiger partial charge in [-0.1, -0.05) is 24.3 Å². The molecule has 150 valence electrons. The van der Waals surface area contributed by atoms with Crippen LogP contribution < -0.4 is 0 Å². The summed E-state index contributed by atoms with van der Waals surface area (Å²) in [5.74, 6) is -1.07. The topological polar surface area (TPSA) is 70.6 Å². The summed E-state index contributed by atoms with van der Waals surface area (Å²) in [7, 11) is 0. The number of β-lactam (4-membered cyclic amide) rings is 1. The lowest BCUT2D eigenvalue weighted by Crippen LogP contribution is -2.70. The van der Waals surface area contributed by atoms with Gasteiger partial charge in [-0.25, -0.2) is 0 Å². The summed E-state index contributed by atoms with van der Waals surface area (Å²) in [6, 6.07) is 14.9. The van der Waals surface area contributed by atoms with Gasteiger partial charge in [0.2, 0.25) is 5.91 Å². The van der Waals surface area contributed by atoms with E-state index < -0.39 is 29.4 Å². The van der Waals surface area contributed by atoms with Crippen molar-refractivity contribution in [3.8, 4) is 0 Å². The predicted molar refractivity (Wildman–Crippen MR) is 112 cm³/mol. The standard InChI is InChI=1S/C23H19N3O3S/c1-23(2,17-11-5-6-12-24-17)26-18(16-10-7-13-30-16)19(22(26)29)25-20(27)14-8-3-4-9-15(14)21(25)28/h3-13,18-19H,1-2H3/t18-,19-/m0/s1. The zero-order chi connectivity index (χ0) is 21.0. The van der Waals surface area contributed by atoms with Gasteiger partial charge in [-0.3, -0.25) is 24.3 Å². The van der Waals surface area contributed by atoms with Crippen molar-refractivity contribution in [3.63, 3.8) is 0 Å². The molecule has 0 spiro atoms. The number of aromatic nitrogens is 1. The first-order chi connectivity index (χ1) is 14.4. The Morgan fingerprint density at radius 1 is 0.867 bits per heavy atom. The van der Waals surface area contributed by atoms with Crippen molar-refractivity contribution in [1.82, 2.24) is 14.8 Å². The molecule has 2 aliphatic rings. The highest BCUT2D eigenvalue weighted by atomic mass is 32.1. The van der Waals surface area contributed by atoms with Crippen LogP contribution in [-0.4, -0.2) is 38.5 Å². The lowest BCUT2D eigenvalue weighted by Gasteiger charge is -2.55. The van der Waals surface area contributed by atoms with Gasteiger partial charge in [-0.15, -0.1) is 11.3 Å². The number of likely N-dealkylation sites (tertiary alicyclic amines) is 1. The molecule has 5 rings (SSSR count).